The number of H-pyrrole nitrogens is 1. The monoisotopic (exact) mass is 401 g/mol. The molecule has 1 aromatic heterocycles. The molecule has 2 aliphatic heterocycles. The summed E-state index contributed by atoms with van der Waals surface area (Å²) in [5.41, 5.74) is 1.03. The fourth-order valence-corrected chi connectivity index (χ4v) is 3.80. The Labute approximate surface area is 166 Å². The van der Waals surface area contributed by atoms with E-state index in [1.807, 2.05) is 4.90 Å². The number of anilines is 3. The van der Waals surface area contributed by atoms with Gasteiger partial charge < -0.3 is 15.5 Å². The number of hydrogen-bond donors (Lipinski definition) is 3. The fraction of sp³-hybridized carbons (Fsp3) is 0.368. The van der Waals surface area contributed by atoms with Crippen molar-refractivity contribution in [1.82, 2.24) is 9.97 Å². The van der Waals surface area contributed by atoms with Gasteiger partial charge in [0.05, 0.1) is 11.5 Å². The molecule has 0 unspecified atom stereocenters. The second-order valence-corrected chi connectivity index (χ2v) is 7.46. The number of fused-ring (bicyclic) bond motifs is 1. The van der Waals surface area contributed by atoms with Gasteiger partial charge in [0.15, 0.2) is 0 Å². The molecule has 0 radical (unpaired) electrons. The molecular weight excluding hydrogens is 382 g/mol. The number of benzene rings is 1. The van der Waals surface area contributed by atoms with Crippen LogP contribution in [0.2, 0.25) is 5.02 Å². The van der Waals surface area contributed by atoms with E-state index in [1.54, 1.807) is 25.1 Å². The van der Waals surface area contributed by atoms with Gasteiger partial charge in [-0.15, -0.1) is 0 Å². The molecule has 2 aromatic rings. The largest absolute Gasteiger partial charge is 0.342 e. The minimum atomic E-state index is -0.925. The first-order valence-corrected chi connectivity index (χ1v) is 9.57. The van der Waals surface area contributed by atoms with Crippen molar-refractivity contribution in [2.75, 3.05) is 28.6 Å². The standard InChI is InChI=1S/C19H20ClN5O3/c1-10-12(20)5-4-6-13(10)21-17(27)11-9-14(26)22-16-15(11)18(28)24-19(23-16)25-7-2-3-8-25/h4-6,11H,2-3,7-9H2,1H3,(H,21,27)(H2,22,23,24,26,28)/t11-/m1/s1. The lowest BCUT2D eigenvalue weighted by atomic mass is 9.92. The molecule has 28 heavy (non-hydrogen) atoms. The van der Waals surface area contributed by atoms with Gasteiger partial charge in [0, 0.05) is 30.2 Å². The van der Waals surface area contributed by atoms with Crippen LogP contribution in [-0.4, -0.2) is 34.9 Å². The number of carbonyl (C=O) groups excluding carboxylic acids is 2. The molecule has 1 atom stereocenters. The molecule has 4 rings (SSSR count). The number of aromatic amines is 1. The molecule has 1 fully saturated rings. The summed E-state index contributed by atoms with van der Waals surface area (Å²) >= 11 is 6.11. The van der Waals surface area contributed by atoms with Gasteiger partial charge in [0.2, 0.25) is 17.8 Å². The van der Waals surface area contributed by atoms with E-state index in [9.17, 15) is 14.4 Å². The highest BCUT2D eigenvalue weighted by Crippen LogP contribution is 2.31. The Kier molecular flexibility index (Phi) is 4.80. The second kappa shape index (κ2) is 7.27. The molecule has 8 nitrogen and oxygen atoms in total. The van der Waals surface area contributed by atoms with Gasteiger partial charge in [0.1, 0.15) is 5.82 Å². The lowest BCUT2D eigenvalue weighted by molar-refractivity contribution is -0.123. The molecule has 0 spiro atoms. The highest BCUT2D eigenvalue weighted by molar-refractivity contribution is 6.31. The molecule has 9 heteroatoms. The van der Waals surface area contributed by atoms with Gasteiger partial charge in [-0.05, 0) is 37.5 Å². The van der Waals surface area contributed by atoms with Crippen molar-refractivity contribution < 1.29 is 9.59 Å². The Morgan fingerprint density at radius 1 is 1.29 bits per heavy atom. The number of hydrogen-bond acceptors (Lipinski definition) is 5. The topological polar surface area (TPSA) is 107 Å². The summed E-state index contributed by atoms with van der Waals surface area (Å²) in [6.07, 6.45) is 1.93. The molecule has 0 aliphatic carbocycles. The number of halogens is 1. The molecule has 2 aliphatic rings. The van der Waals surface area contributed by atoms with Crippen molar-refractivity contribution in [1.29, 1.82) is 0 Å². The molecule has 0 saturated carbocycles. The molecule has 0 bridgehead atoms. The maximum absolute atomic E-state index is 12.9. The third-order valence-corrected chi connectivity index (χ3v) is 5.60. The maximum atomic E-state index is 12.9. The van der Waals surface area contributed by atoms with Crippen LogP contribution < -0.4 is 21.1 Å². The maximum Gasteiger partial charge on any atom is 0.258 e. The van der Waals surface area contributed by atoms with Crippen molar-refractivity contribution >= 4 is 40.9 Å². The Morgan fingerprint density at radius 3 is 2.79 bits per heavy atom. The zero-order valence-corrected chi connectivity index (χ0v) is 16.1. The van der Waals surface area contributed by atoms with Gasteiger partial charge in [-0.25, -0.2) is 0 Å². The Bertz CT molecular complexity index is 1010. The number of nitrogens with one attached hydrogen (secondary N) is 3. The van der Waals surface area contributed by atoms with Crippen LogP contribution in [0.15, 0.2) is 23.0 Å². The van der Waals surface area contributed by atoms with Crippen LogP contribution in [-0.2, 0) is 9.59 Å². The van der Waals surface area contributed by atoms with Gasteiger partial charge in [-0.2, -0.15) is 4.98 Å². The highest BCUT2D eigenvalue weighted by atomic mass is 35.5. The van der Waals surface area contributed by atoms with Crippen LogP contribution >= 0.6 is 11.6 Å². The number of amides is 2. The zero-order chi connectivity index (χ0) is 19.8. The molecular formula is C19H20ClN5O3. The summed E-state index contributed by atoms with van der Waals surface area (Å²) in [6, 6.07) is 5.18. The van der Waals surface area contributed by atoms with E-state index in [1.165, 1.54) is 0 Å². The normalized spacial score (nSPS) is 18.6. The Hall–Kier alpha value is -2.87. The Morgan fingerprint density at radius 2 is 2.04 bits per heavy atom. The Balaban J connectivity index is 1.68. The van der Waals surface area contributed by atoms with E-state index in [0.29, 0.717) is 16.7 Å². The number of carbonyl (C=O) groups is 2. The van der Waals surface area contributed by atoms with Crippen LogP contribution in [0.3, 0.4) is 0 Å². The summed E-state index contributed by atoms with van der Waals surface area (Å²) in [7, 11) is 0. The van der Waals surface area contributed by atoms with Crippen LogP contribution in [0.5, 0.6) is 0 Å². The molecule has 146 valence electrons. The van der Waals surface area contributed by atoms with Crippen molar-refractivity contribution in [2.45, 2.75) is 32.1 Å². The van der Waals surface area contributed by atoms with E-state index in [4.69, 9.17) is 11.6 Å². The summed E-state index contributed by atoms with van der Waals surface area (Å²) in [5, 5.41) is 5.94. The minimum absolute atomic E-state index is 0.119. The smallest absolute Gasteiger partial charge is 0.258 e. The van der Waals surface area contributed by atoms with Gasteiger partial charge in [0.25, 0.3) is 5.56 Å². The third-order valence-electron chi connectivity index (χ3n) is 5.19. The average Bonchev–Trinajstić information content (AvgIpc) is 3.19. The zero-order valence-electron chi connectivity index (χ0n) is 15.3. The van der Waals surface area contributed by atoms with Gasteiger partial charge in [-0.1, -0.05) is 17.7 Å². The first kappa shape index (κ1) is 18.5. The second-order valence-electron chi connectivity index (χ2n) is 7.05. The van der Waals surface area contributed by atoms with E-state index in [-0.39, 0.29) is 23.7 Å². The molecule has 3 N–H and O–H groups in total. The quantitative estimate of drug-likeness (QED) is 0.732. The van der Waals surface area contributed by atoms with Crippen molar-refractivity contribution in [2.24, 2.45) is 0 Å². The summed E-state index contributed by atoms with van der Waals surface area (Å²) in [5.74, 6) is -1.13. The molecule has 1 saturated heterocycles. The van der Waals surface area contributed by atoms with E-state index >= 15 is 0 Å². The molecule has 1 aromatic carbocycles. The molecule has 2 amide bonds. The van der Waals surface area contributed by atoms with Crippen molar-refractivity contribution in [3.63, 3.8) is 0 Å². The van der Waals surface area contributed by atoms with Gasteiger partial charge in [-0.3, -0.25) is 19.4 Å². The number of nitrogens with zero attached hydrogens (tertiary/aromatic N) is 2. The van der Waals surface area contributed by atoms with Gasteiger partial charge >= 0.3 is 0 Å². The first-order valence-electron chi connectivity index (χ1n) is 9.19. The van der Waals surface area contributed by atoms with Crippen molar-refractivity contribution in [3.05, 3.63) is 44.7 Å². The molecule has 3 heterocycles. The van der Waals surface area contributed by atoms with E-state index in [0.717, 1.165) is 31.5 Å². The van der Waals surface area contributed by atoms with Crippen molar-refractivity contribution in [3.8, 4) is 0 Å². The summed E-state index contributed by atoms with van der Waals surface area (Å²) < 4.78 is 0. The number of aromatic nitrogens is 2. The van der Waals surface area contributed by atoms with Crippen LogP contribution in [0, 0.1) is 6.92 Å². The SMILES string of the molecule is Cc1c(Cl)cccc1NC(=O)[C@@H]1CC(=O)Nc2nc(N3CCCC3)[nH]c(=O)c21. The lowest BCUT2D eigenvalue weighted by Crippen LogP contribution is -2.37. The minimum Gasteiger partial charge on any atom is -0.342 e. The average molecular weight is 402 g/mol. The van der Waals surface area contributed by atoms with Crippen LogP contribution in [0.1, 0.15) is 36.3 Å². The third kappa shape index (κ3) is 3.35. The first-order chi connectivity index (χ1) is 13.4. The summed E-state index contributed by atoms with van der Waals surface area (Å²) in [4.78, 5) is 47.0. The van der Waals surface area contributed by atoms with Crippen LogP contribution in [0.25, 0.3) is 0 Å². The summed E-state index contributed by atoms with van der Waals surface area (Å²) in [6.45, 7) is 3.39. The lowest BCUT2D eigenvalue weighted by Gasteiger charge is -2.25. The highest BCUT2D eigenvalue weighted by Gasteiger charge is 2.35. The predicted molar refractivity (Wildman–Crippen MR) is 107 cm³/mol. The predicted octanol–water partition coefficient (Wildman–Crippen LogP) is 2.40. The van der Waals surface area contributed by atoms with E-state index in [2.05, 4.69) is 20.6 Å². The van der Waals surface area contributed by atoms with Crippen LogP contribution in [0.4, 0.5) is 17.5 Å². The number of rotatable bonds is 3. The fourth-order valence-electron chi connectivity index (χ4n) is 3.62. The van der Waals surface area contributed by atoms with E-state index < -0.39 is 17.4 Å².